The molecule has 0 amide bonds. The first-order valence-corrected chi connectivity index (χ1v) is 11.2. The van der Waals surface area contributed by atoms with Crippen LogP contribution in [-0.2, 0) is 6.61 Å². The van der Waals surface area contributed by atoms with Gasteiger partial charge in [-0.2, -0.15) is 0 Å². The summed E-state index contributed by atoms with van der Waals surface area (Å²) in [4.78, 5) is 13.4. The predicted octanol–water partition coefficient (Wildman–Crippen LogP) is 5.60. The van der Waals surface area contributed by atoms with Crippen LogP contribution in [0.25, 0.3) is 0 Å². The monoisotopic (exact) mass is 478 g/mol. The molecule has 0 saturated carbocycles. The van der Waals surface area contributed by atoms with Crippen LogP contribution < -0.4 is 20.1 Å². The molecule has 3 aromatic rings. The summed E-state index contributed by atoms with van der Waals surface area (Å²) in [6.07, 6.45) is 0. The van der Waals surface area contributed by atoms with Gasteiger partial charge in [0.1, 0.15) is 6.61 Å². The molecule has 1 atom stereocenters. The van der Waals surface area contributed by atoms with Crippen molar-refractivity contribution in [2.45, 2.75) is 19.6 Å². The Morgan fingerprint density at radius 3 is 2.45 bits per heavy atom. The van der Waals surface area contributed by atoms with Gasteiger partial charge >= 0.3 is 0 Å². The Balaban J connectivity index is 1.63. The fraction of sp³-hybridized carbons (Fsp3) is 0.154. The van der Waals surface area contributed by atoms with Gasteiger partial charge in [0, 0.05) is 21.9 Å². The van der Waals surface area contributed by atoms with Crippen LogP contribution in [-0.4, -0.2) is 18.0 Å². The maximum absolute atomic E-state index is 13.4. The van der Waals surface area contributed by atoms with Crippen molar-refractivity contribution >= 4 is 34.7 Å². The SMILES string of the molecule is COc1cc([C@H]2NC(=S)NC(C)=C2C(=O)c2ccccc2)ccc1OCc1ccc(Cl)cc1. The molecule has 7 heteroatoms. The zero-order valence-corrected chi connectivity index (χ0v) is 19.8. The van der Waals surface area contributed by atoms with Crippen molar-refractivity contribution in [1.82, 2.24) is 10.6 Å². The Labute approximate surface area is 203 Å². The predicted molar refractivity (Wildman–Crippen MR) is 134 cm³/mol. The number of benzene rings is 3. The molecular formula is C26H23ClN2O3S. The fourth-order valence-electron chi connectivity index (χ4n) is 3.71. The van der Waals surface area contributed by atoms with Crippen LogP contribution in [0.1, 0.15) is 34.5 Å². The van der Waals surface area contributed by atoms with E-state index in [0.29, 0.717) is 39.4 Å². The Morgan fingerprint density at radius 2 is 1.76 bits per heavy atom. The maximum Gasteiger partial charge on any atom is 0.193 e. The average Bonchev–Trinajstić information content (AvgIpc) is 2.83. The molecule has 0 unspecified atom stereocenters. The smallest absolute Gasteiger partial charge is 0.193 e. The van der Waals surface area contributed by atoms with Crippen LogP contribution in [0.2, 0.25) is 5.02 Å². The van der Waals surface area contributed by atoms with Gasteiger partial charge < -0.3 is 20.1 Å². The summed E-state index contributed by atoms with van der Waals surface area (Å²) >= 11 is 11.3. The van der Waals surface area contributed by atoms with Gasteiger partial charge in [-0.3, -0.25) is 4.79 Å². The summed E-state index contributed by atoms with van der Waals surface area (Å²) < 4.78 is 11.6. The third-order valence-electron chi connectivity index (χ3n) is 5.38. The summed E-state index contributed by atoms with van der Waals surface area (Å²) in [6, 6.07) is 21.9. The van der Waals surface area contributed by atoms with E-state index in [1.165, 1.54) is 0 Å². The lowest BCUT2D eigenvalue weighted by atomic mass is 9.89. The molecule has 1 aliphatic heterocycles. The van der Waals surface area contributed by atoms with Crippen molar-refractivity contribution in [3.8, 4) is 11.5 Å². The zero-order chi connectivity index (χ0) is 23.4. The van der Waals surface area contributed by atoms with E-state index in [4.69, 9.17) is 33.3 Å². The summed E-state index contributed by atoms with van der Waals surface area (Å²) in [6.45, 7) is 2.23. The molecule has 0 radical (unpaired) electrons. The highest BCUT2D eigenvalue weighted by Gasteiger charge is 2.31. The second-order valence-corrected chi connectivity index (χ2v) is 8.44. The van der Waals surface area contributed by atoms with Crippen molar-refractivity contribution in [3.05, 3.63) is 106 Å². The van der Waals surface area contributed by atoms with Crippen LogP contribution in [0, 0.1) is 0 Å². The second kappa shape index (κ2) is 10.1. The minimum Gasteiger partial charge on any atom is -0.493 e. The van der Waals surface area contributed by atoms with Gasteiger partial charge in [0.05, 0.1) is 13.2 Å². The van der Waals surface area contributed by atoms with Gasteiger partial charge in [-0.05, 0) is 54.5 Å². The highest BCUT2D eigenvalue weighted by atomic mass is 35.5. The van der Waals surface area contributed by atoms with E-state index in [0.717, 1.165) is 16.8 Å². The van der Waals surface area contributed by atoms with E-state index < -0.39 is 6.04 Å². The Kier molecular flexibility index (Phi) is 6.96. The molecule has 1 heterocycles. The van der Waals surface area contributed by atoms with Gasteiger partial charge in [-0.15, -0.1) is 0 Å². The average molecular weight is 479 g/mol. The molecular weight excluding hydrogens is 456 g/mol. The number of Topliss-reactive ketones (excluding diaryl/α,β-unsaturated/α-hetero) is 1. The number of methoxy groups -OCH3 is 1. The zero-order valence-electron chi connectivity index (χ0n) is 18.2. The van der Waals surface area contributed by atoms with E-state index in [1.54, 1.807) is 19.2 Å². The summed E-state index contributed by atoms with van der Waals surface area (Å²) in [7, 11) is 1.59. The van der Waals surface area contributed by atoms with Gasteiger partial charge in [0.25, 0.3) is 0 Å². The third kappa shape index (κ3) is 5.18. The molecule has 5 nitrogen and oxygen atoms in total. The number of ether oxygens (including phenoxy) is 2. The largest absolute Gasteiger partial charge is 0.493 e. The molecule has 2 N–H and O–H groups in total. The molecule has 0 fully saturated rings. The molecule has 0 bridgehead atoms. The number of rotatable bonds is 7. The van der Waals surface area contributed by atoms with Crippen molar-refractivity contribution in [2.24, 2.45) is 0 Å². The highest BCUT2D eigenvalue weighted by Crippen LogP contribution is 2.35. The number of halogens is 1. The number of hydrogen-bond acceptors (Lipinski definition) is 4. The number of ketones is 1. The number of carbonyl (C=O) groups excluding carboxylic acids is 1. The Hall–Kier alpha value is -3.35. The molecule has 4 rings (SSSR count). The van der Waals surface area contributed by atoms with Crippen LogP contribution in [0.3, 0.4) is 0 Å². The number of carbonyl (C=O) groups is 1. The van der Waals surface area contributed by atoms with E-state index in [2.05, 4.69) is 10.6 Å². The van der Waals surface area contributed by atoms with Crippen LogP contribution in [0.15, 0.2) is 84.1 Å². The van der Waals surface area contributed by atoms with Crippen LogP contribution >= 0.6 is 23.8 Å². The lowest BCUT2D eigenvalue weighted by Crippen LogP contribution is -2.44. The Morgan fingerprint density at radius 1 is 1.03 bits per heavy atom. The van der Waals surface area contributed by atoms with Crippen LogP contribution in [0.5, 0.6) is 11.5 Å². The van der Waals surface area contributed by atoms with Crippen LogP contribution in [0.4, 0.5) is 0 Å². The molecule has 0 saturated heterocycles. The number of hydrogen-bond donors (Lipinski definition) is 2. The van der Waals surface area contributed by atoms with Gasteiger partial charge in [0.2, 0.25) is 0 Å². The maximum atomic E-state index is 13.4. The number of nitrogens with one attached hydrogen (secondary N) is 2. The third-order valence-corrected chi connectivity index (χ3v) is 5.85. The van der Waals surface area contributed by atoms with E-state index in [9.17, 15) is 4.79 Å². The number of thiocarbonyl (C=S) groups is 1. The summed E-state index contributed by atoms with van der Waals surface area (Å²) in [5.74, 6) is 1.10. The first kappa shape index (κ1) is 22.8. The summed E-state index contributed by atoms with van der Waals surface area (Å²) in [5.41, 5.74) is 3.77. The highest BCUT2D eigenvalue weighted by molar-refractivity contribution is 7.80. The quantitative estimate of drug-likeness (QED) is 0.340. The topological polar surface area (TPSA) is 59.6 Å². The lowest BCUT2D eigenvalue weighted by molar-refractivity contribution is 0.102. The number of allylic oxidation sites excluding steroid dienone is 1. The van der Waals surface area contributed by atoms with Gasteiger partial charge in [0.15, 0.2) is 22.4 Å². The fourth-order valence-corrected chi connectivity index (χ4v) is 4.11. The molecule has 1 aliphatic rings. The first-order valence-electron chi connectivity index (χ1n) is 10.4. The Bertz CT molecular complexity index is 1210. The molecule has 0 aromatic heterocycles. The van der Waals surface area contributed by atoms with E-state index in [-0.39, 0.29) is 5.78 Å². The normalized spacial score (nSPS) is 15.5. The van der Waals surface area contributed by atoms with Crippen molar-refractivity contribution in [2.75, 3.05) is 7.11 Å². The van der Waals surface area contributed by atoms with Crippen molar-refractivity contribution in [1.29, 1.82) is 0 Å². The standard InChI is InChI=1S/C26H23ClN2O3S/c1-16-23(25(30)18-6-4-3-5-7-18)24(29-26(33)28-16)19-10-13-21(22(14-19)31-2)32-15-17-8-11-20(27)12-9-17/h3-14,24H,15H2,1-2H3,(H2,28,29,33)/t24-/m1/s1. The van der Waals surface area contributed by atoms with E-state index >= 15 is 0 Å². The van der Waals surface area contributed by atoms with Crippen molar-refractivity contribution in [3.63, 3.8) is 0 Å². The second-order valence-electron chi connectivity index (χ2n) is 7.59. The van der Waals surface area contributed by atoms with Crippen molar-refractivity contribution < 1.29 is 14.3 Å². The molecule has 0 aliphatic carbocycles. The molecule has 33 heavy (non-hydrogen) atoms. The first-order chi connectivity index (χ1) is 16.0. The van der Waals surface area contributed by atoms with Gasteiger partial charge in [-0.25, -0.2) is 0 Å². The molecule has 0 spiro atoms. The van der Waals surface area contributed by atoms with Gasteiger partial charge in [-0.1, -0.05) is 60.1 Å². The summed E-state index contributed by atoms with van der Waals surface area (Å²) in [5, 5.41) is 7.45. The molecule has 168 valence electrons. The molecule has 3 aromatic carbocycles. The minimum atomic E-state index is -0.425. The van der Waals surface area contributed by atoms with E-state index in [1.807, 2.05) is 67.6 Å². The lowest BCUT2D eigenvalue weighted by Gasteiger charge is -2.30. The minimum absolute atomic E-state index is 0.0670.